The Morgan fingerprint density at radius 1 is 1.26 bits per heavy atom. The van der Waals surface area contributed by atoms with E-state index in [4.69, 9.17) is 9.72 Å². The van der Waals surface area contributed by atoms with E-state index in [1.807, 2.05) is 0 Å². The molecule has 19 heavy (non-hydrogen) atoms. The second-order valence-electron chi connectivity index (χ2n) is 5.22. The van der Waals surface area contributed by atoms with E-state index < -0.39 is 0 Å². The van der Waals surface area contributed by atoms with Crippen LogP contribution in [0.25, 0.3) is 0 Å². The van der Waals surface area contributed by atoms with Gasteiger partial charge in [-0.1, -0.05) is 20.3 Å². The Morgan fingerprint density at radius 2 is 2.16 bits per heavy atom. The van der Waals surface area contributed by atoms with Crippen LogP contribution in [0.1, 0.15) is 50.3 Å². The topological polar surface area (TPSA) is 39.1 Å². The summed E-state index contributed by atoms with van der Waals surface area (Å²) in [6.07, 6.45) is 5.68. The van der Waals surface area contributed by atoms with E-state index in [2.05, 4.69) is 23.7 Å². The lowest BCUT2D eigenvalue weighted by molar-refractivity contribution is 0.122. The van der Waals surface area contributed by atoms with Crippen molar-refractivity contribution in [1.29, 1.82) is 0 Å². The SMILES string of the molecule is CCCCOCCn1c(CCC)nc2c1CCNC2. The van der Waals surface area contributed by atoms with Gasteiger partial charge in [-0.2, -0.15) is 0 Å². The van der Waals surface area contributed by atoms with Crippen LogP contribution in [0.3, 0.4) is 0 Å². The molecule has 0 saturated heterocycles. The molecule has 108 valence electrons. The van der Waals surface area contributed by atoms with Gasteiger partial charge in [0.2, 0.25) is 0 Å². The molecule has 2 rings (SSSR count). The quantitative estimate of drug-likeness (QED) is 0.733. The van der Waals surface area contributed by atoms with Crippen LogP contribution in [0.2, 0.25) is 0 Å². The highest BCUT2D eigenvalue weighted by Gasteiger charge is 2.18. The van der Waals surface area contributed by atoms with Gasteiger partial charge in [-0.25, -0.2) is 4.98 Å². The Balaban J connectivity index is 1.98. The molecule has 0 saturated carbocycles. The van der Waals surface area contributed by atoms with E-state index in [-0.39, 0.29) is 0 Å². The molecule has 0 unspecified atom stereocenters. The van der Waals surface area contributed by atoms with Crippen LogP contribution in [0.4, 0.5) is 0 Å². The van der Waals surface area contributed by atoms with Crippen LogP contribution in [0.5, 0.6) is 0 Å². The monoisotopic (exact) mass is 265 g/mol. The van der Waals surface area contributed by atoms with Crippen LogP contribution in [-0.4, -0.2) is 29.3 Å². The van der Waals surface area contributed by atoms with Crippen LogP contribution in [-0.2, 0) is 30.7 Å². The molecule has 0 aromatic carbocycles. The fourth-order valence-corrected chi connectivity index (χ4v) is 2.61. The molecule has 0 radical (unpaired) electrons. The fourth-order valence-electron chi connectivity index (χ4n) is 2.61. The summed E-state index contributed by atoms with van der Waals surface area (Å²) in [4.78, 5) is 4.80. The molecule has 0 fully saturated rings. The van der Waals surface area contributed by atoms with Crippen molar-refractivity contribution in [3.8, 4) is 0 Å². The molecule has 2 heterocycles. The van der Waals surface area contributed by atoms with Crippen molar-refractivity contribution < 1.29 is 4.74 Å². The first-order valence-electron chi connectivity index (χ1n) is 7.72. The van der Waals surface area contributed by atoms with Gasteiger partial charge in [-0.15, -0.1) is 0 Å². The molecule has 0 atom stereocenters. The predicted molar refractivity (Wildman–Crippen MR) is 77.4 cm³/mol. The van der Waals surface area contributed by atoms with Crippen molar-refractivity contribution >= 4 is 0 Å². The number of aryl methyl sites for hydroxylation is 1. The largest absolute Gasteiger partial charge is 0.380 e. The molecule has 4 nitrogen and oxygen atoms in total. The summed E-state index contributed by atoms with van der Waals surface area (Å²) in [6, 6.07) is 0. The summed E-state index contributed by atoms with van der Waals surface area (Å²) >= 11 is 0. The van der Waals surface area contributed by atoms with Crippen LogP contribution >= 0.6 is 0 Å². The summed E-state index contributed by atoms with van der Waals surface area (Å²) in [5.74, 6) is 1.25. The second-order valence-corrected chi connectivity index (χ2v) is 5.22. The number of hydrogen-bond acceptors (Lipinski definition) is 3. The molecule has 1 aromatic rings. The summed E-state index contributed by atoms with van der Waals surface area (Å²) in [5.41, 5.74) is 2.68. The molecule has 1 aliphatic rings. The molecule has 0 amide bonds. The van der Waals surface area contributed by atoms with Crippen molar-refractivity contribution in [3.05, 3.63) is 17.2 Å². The normalized spacial score (nSPS) is 14.6. The zero-order valence-electron chi connectivity index (χ0n) is 12.4. The molecular formula is C15H27N3O. The Morgan fingerprint density at radius 3 is 2.95 bits per heavy atom. The fraction of sp³-hybridized carbons (Fsp3) is 0.800. The van der Waals surface area contributed by atoms with Crippen molar-refractivity contribution in [1.82, 2.24) is 14.9 Å². The molecule has 1 aromatic heterocycles. The number of imidazole rings is 1. The summed E-state index contributed by atoms with van der Waals surface area (Å²) in [5, 5.41) is 3.40. The van der Waals surface area contributed by atoms with Gasteiger partial charge in [0, 0.05) is 44.8 Å². The summed E-state index contributed by atoms with van der Waals surface area (Å²) < 4.78 is 8.12. The Labute approximate surface area is 116 Å². The van der Waals surface area contributed by atoms with Gasteiger partial charge >= 0.3 is 0 Å². The van der Waals surface area contributed by atoms with Crippen LogP contribution in [0, 0.1) is 0 Å². The van der Waals surface area contributed by atoms with Gasteiger partial charge in [0.1, 0.15) is 5.82 Å². The maximum Gasteiger partial charge on any atom is 0.109 e. The number of ether oxygens (including phenoxy) is 1. The number of unbranched alkanes of at least 4 members (excludes halogenated alkanes) is 1. The third-order valence-electron chi connectivity index (χ3n) is 3.64. The molecule has 0 spiro atoms. The second kappa shape index (κ2) is 7.65. The maximum atomic E-state index is 5.71. The number of nitrogens with one attached hydrogen (secondary N) is 1. The lowest BCUT2D eigenvalue weighted by Crippen LogP contribution is -2.25. The lowest BCUT2D eigenvalue weighted by atomic mass is 10.2. The van der Waals surface area contributed by atoms with Gasteiger partial charge < -0.3 is 14.6 Å². The minimum atomic E-state index is 0.812. The van der Waals surface area contributed by atoms with E-state index in [0.29, 0.717) is 0 Å². The average Bonchev–Trinajstić information content (AvgIpc) is 2.77. The van der Waals surface area contributed by atoms with Crippen molar-refractivity contribution in [2.24, 2.45) is 0 Å². The lowest BCUT2D eigenvalue weighted by Gasteiger charge is -2.16. The first kappa shape index (κ1) is 14.5. The zero-order valence-corrected chi connectivity index (χ0v) is 12.4. The first-order chi connectivity index (χ1) is 9.36. The van der Waals surface area contributed by atoms with E-state index in [1.54, 1.807) is 0 Å². The highest BCUT2D eigenvalue weighted by atomic mass is 16.5. The van der Waals surface area contributed by atoms with E-state index in [0.717, 1.165) is 58.5 Å². The van der Waals surface area contributed by atoms with Crippen LogP contribution in [0.15, 0.2) is 0 Å². The number of nitrogens with zero attached hydrogens (tertiary/aromatic N) is 2. The average molecular weight is 265 g/mol. The maximum absolute atomic E-state index is 5.71. The smallest absolute Gasteiger partial charge is 0.109 e. The number of rotatable bonds is 8. The summed E-state index contributed by atoms with van der Waals surface area (Å²) in [7, 11) is 0. The number of hydrogen-bond donors (Lipinski definition) is 1. The zero-order chi connectivity index (χ0) is 13.5. The van der Waals surface area contributed by atoms with Crippen LogP contribution < -0.4 is 5.32 Å². The van der Waals surface area contributed by atoms with Crippen molar-refractivity contribution in [3.63, 3.8) is 0 Å². The molecule has 4 heteroatoms. The highest BCUT2D eigenvalue weighted by Crippen LogP contribution is 2.17. The first-order valence-corrected chi connectivity index (χ1v) is 7.72. The minimum absolute atomic E-state index is 0.812. The van der Waals surface area contributed by atoms with Gasteiger partial charge in [-0.05, 0) is 12.8 Å². The minimum Gasteiger partial charge on any atom is -0.380 e. The van der Waals surface area contributed by atoms with Gasteiger partial charge in [0.05, 0.1) is 12.3 Å². The van der Waals surface area contributed by atoms with Crippen molar-refractivity contribution in [2.75, 3.05) is 19.8 Å². The molecule has 0 bridgehead atoms. The Bertz CT molecular complexity index is 387. The molecular weight excluding hydrogens is 238 g/mol. The standard InChI is InChI=1S/C15H27N3O/c1-3-5-10-19-11-9-18-14-7-8-16-12-13(14)17-15(18)6-4-2/h16H,3-12H2,1-2H3. The van der Waals surface area contributed by atoms with Gasteiger partial charge in [0.15, 0.2) is 0 Å². The van der Waals surface area contributed by atoms with Gasteiger partial charge in [0.25, 0.3) is 0 Å². The highest BCUT2D eigenvalue weighted by molar-refractivity contribution is 5.20. The van der Waals surface area contributed by atoms with E-state index >= 15 is 0 Å². The number of aromatic nitrogens is 2. The van der Waals surface area contributed by atoms with Crippen molar-refractivity contribution in [2.45, 2.75) is 59.0 Å². The predicted octanol–water partition coefficient (Wildman–Crippen LogP) is 2.30. The molecule has 0 aliphatic carbocycles. The van der Waals surface area contributed by atoms with E-state index in [1.165, 1.54) is 23.6 Å². The summed E-state index contributed by atoms with van der Waals surface area (Å²) in [6.45, 7) is 9.07. The Hall–Kier alpha value is -0.870. The van der Waals surface area contributed by atoms with E-state index in [9.17, 15) is 0 Å². The third kappa shape index (κ3) is 3.80. The Kier molecular flexibility index (Phi) is 5.86. The van der Waals surface area contributed by atoms with Gasteiger partial charge in [-0.3, -0.25) is 0 Å². The number of fused-ring (bicyclic) bond motifs is 1. The molecule has 1 N–H and O–H groups in total. The third-order valence-corrected chi connectivity index (χ3v) is 3.64. The molecule has 1 aliphatic heterocycles.